The third-order valence-corrected chi connectivity index (χ3v) is 7.07. The van der Waals surface area contributed by atoms with E-state index >= 15 is 0 Å². The van der Waals surface area contributed by atoms with Gasteiger partial charge in [-0.3, -0.25) is 9.80 Å². The number of nitrogens with zero attached hydrogens (tertiary/aromatic N) is 2. The van der Waals surface area contributed by atoms with E-state index in [1.165, 1.54) is 24.0 Å². The van der Waals surface area contributed by atoms with Crippen molar-refractivity contribution < 1.29 is 22.7 Å². The van der Waals surface area contributed by atoms with E-state index in [1.54, 1.807) is 42.5 Å². The van der Waals surface area contributed by atoms with Gasteiger partial charge in [0.15, 0.2) is 9.84 Å². The van der Waals surface area contributed by atoms with E-state index in [2.05, 4.69) is 0 Å². The van der Waals surface area contributed by atoms with Gasteiger partial charge in [0.2, 0.25) is 0 Å². The summed E-state index contributed by atoms with van der Waals surface area (Å²) < 4.78 is 35.5. The Morgan fingerprint density at radius 2 is 1.61 bits per heavy atom. The number of amides is 2. The smallest absolute Gasteiger partial charge is 0.329 e. The van der Waals surface area contributed by atoms with Gasteiger partial charge in [0.25, 0.3) is 0 Å². The molecular formula is C19H19ClN2O5S. The summed E-state index contributed by atoms with van der Waals surface area (Å²) in [6, 6.07) is 10.6. The maximum absolute atomic E-state index is 13.4. The van der Waals surface area contributed by atoms with E-state index < -0.39 is 21.9 Å². The normalized spacial score (nSPS) is 23.0. The highest BCUT2D eigenvalue weighted by Crippen LogP contribution is 2.42. The summed E-state index contributed by atoms with van der Waals surface area (Å²) in [5.74, 6) is 0.823. The number of sulfone groups is 1. The van der Waals surface area contributed by atoms with Gasteiger partial charge in [-0.15, -0.1) is 0 Å². The zero-order valence-corrected chi connectivity index (χ0v) is 16.9. The summed E-state index contributed by atoms with van der Waals surface area (Å²) in [6.07, 6.45) is 0. The zero-order valence-electron chi connectivity index (χ0n) is 15.3. The Balaban J connectivity index is 1.84. The maximum atomic E-state index is 13.4. The van der Waals surface area contributed by atoms with Crippen molar-refractivity contribution in [3.8, 4) is 11.5 Å². The van der Waals surface area contributed by atoms with Crippen molar-refractivity contribution in [1.82, 2.24) is 0 Å². The first-order valence-electron chi connectivity index (χ1n) is 8.65. The van der Waals surface area contributed by atoms with Crippen LogP contribution in [-0.4, -0.2) is 52.3 Å². The van der Waals surface area contributed by atoms with Gasteiger partial charge < -0.3 is 9.47 Å². The van der Waals surface area contributed by atoms with Crippen molar-refractivity contribution in [2.75, 3.05) is 35.5 Å². The van der Waals surface area contributed by atoms with E-state index in [4.69, 9.17) is 21.1 Å². The SMILES string of the molecule is COc1ccc(OC)c(N2C(=O)N(c3ccc(Cl)cc3)C3CS(=O)(=O)CC32)c1. The second-order valence-corrected chi connectivity index (χ2v) is 9.34. The molecule has 2 unspecified atom stereocenters. The fraction of sp³-hybridized carbons (Fsp3) is 0.316. The molecule has 2 heterocycles. The number of benzene rings is 2. The Morgan fingerprint density at radius 3 is 2.21 bits per heavy atom. The summed E-state index contributed by atoms with van der Waals surface area (Å²) in [6.45, 7) is 0. The van der Waals surface area contributed by atoms with Crippen LogP contribution in [0.2, 0.25) is 5.02 Å². The third kappa shape index (κ3) is 3.06. The number of carbonyl (C=O) groups is 1. The van der Waals surface area contributed by atoms with Crippen LogP contribution in [0.15, 0.2) is 42.5 Å². The van der Waals surface area contributed by atoms with Gasteiger partial charge in [0.1, 0.15) is 11.5 Å². The quantitative estimate of drug-likeness (QED) is 0.708. The standard InChI is InChI=1S/C19H19ClN2O5S/c1-26-14-7-8-18(27-2)15(9-14)22-17-11-28(24,25)10-16(17)21(19(22)23)13-5-3-12(20)4-6-13/h3-9,16-17H,10-11H2,1-2H3. The molecule has 7 nitrogen and oxygen atoms in total. The average molecular weight is 423 g/mol. The van der Waals surface area contributed by atoms with Crippen LogP contribution in [0.25, 0.3) is 0 Å². The van der Waals surface area contributed by atoms with E-state index in [-0.39, 0.29) is 17.5 Å². The summed E-state index contributed by atoms with van der Waals surface area (Å²) in [5.41, 5.74) is 1.08. The second kappa shape index (κ2) is 6.86. The molecule has 2 aliphatic heterocycles. The molecule has 2 atom stereocenters. The molecule has 0 spiro atoms. The molecule has 0 radical (unpaired) electrons. The van der Waals surface area contributed by atoms with Crippen LogP contribution >= 0.6 is 11.6 Å². The molecule has 2 saturated heterocycles. The molecule has 0 bridgehead atoms. The first-order chi connectivity index (χ1) is 13.3. The van der Waals surface area contributed by atoms with Crippen LogP contribution in [0.3, 0.4) is 0 Å². The fourth-order valence-corrected chi connectivity index (χ4v) is 5.92. The topological polar surface area (TPSA) is 76.2 Å². The number of halogens is 1. The molecule has 9 heteroatoms. The highest BCUT2D eigenvalue weighted by atomic mass is 35.5. The number of hydrogen-bond donors (Lipinski definition) is 0. The number of urea groups is 1. The van der Waals surface area contributed by atoms with Gasteiger partial charge >= 0.3 is 6.03 Å². The van der Waals surface area contributed by atoms with Crippen molar-refractivity contribution in [1.29, 1.82) is 0 Å². The predicted molar refractivity (Wildman–Crippen MR) is 108 cm³/mol. The van der Waals surface area contributed by atoms with E-state index in [9.17, 15) is 13.2 Å². The molecule has 2 amide bonds. The molecule has 0 aliphatic carbocycles. The third-order valence-electron chi connectivity index (χ3n) is 5.12. The lowest BCUT2D eigenvalue weighted by molar-refractivity contribution is 0.255. The number of rotatable bonds is 4. The van der Waals surface area contributed by atoms with Gasteiger partial charge in [-0.05, 0) is 36.4 Å². The van der Waals surface area contributed by atoms with Crippen LogP contribution in [0.5, 0.6) is 11.5 Å². The monoisotopic (exact) mass is 422 g/mol. The van der Waals surface area contributed by atoms with E-state index in [0.29, 0.717) is 27.9 Å². The molecule has 2 aromatic rings. The van der Waals surface area contributed by atoms with Crippen LogP contribution in [0, 0.1) is 0 Å². The number of carbonyl (C=O) groups excluding carboxylic acids is 1. The van der Waals surface area contributed by atoms with Gasteiger partial charge in [-0.1, -0.05) is 11.6 Å². The van der Waals surface area contributed by atoms with Crippen LogP contribution in [0.4, 0.5) is 16.2 Å². The number of anilines is 2. The van der Waals surface area contributed by atoms with Crippen molar-refractivity contribution >= 4 is 38.8 Å². The van der Waals surface area contributed by atoms with E-state index in [0.717, 1.165) is 0 Å². The summed E-state index contributed by atoms with van der Waals surface area (Å²) in [7, 11) is -0.254. The zero-order chi connectivity index (χ0) is 20.1. The highest BCUT2D eigenvalue weighted by Gasteiger charge is 2.55. The predicted octanol–water partition coefficient (Wildman–Crippen LogP) is 2.97. The number of fused-ring (bicyclic) bond motifs is 1. The maximum Gasteiger partial charge on any atom is 0.329 e. The number of ether oxygens (including phenoxy) is 2. The Labute approximate surface area is 168 Å². The van der Waals surface area contributed by atoms with E-state index in [1.807, 2.05) is 0 Å². The second-order valence-electron chi connectivity index (χ2n) is 6.75. The Hall–Kier alpha value is -2.45. The summed E-state index contributed by atoms with van der Waals surface area (Å²) in [4.78, 5) is 16.4. The lowest BCUT2D eigenvalue weighted by Crippen LogP contribution is -2.38. The van der Waals surface area contributed by atoms with Gasteiger partial charge in [0, 0.05) is 16.8 Å². The molecule has 148 valence electrons. The van der Waals surface area contributed by atoms with Crippen molar-refractivity contribution in [2.24, 2.45) is 0 Å². The van der Waals surface area contributed by atoms with Crippen molar-refractivity contribution in [3.05, 3.63) is 47.5 Å². The van der Waals surface area contributed by atoms with Crippen molar-refractivity contribution in [2.45, 2.75) is 12.1 Å². The van der Waals surface area contributed by atoms with Crippen LogP contribution in [0.1, 0.15) is 0 Å². The molecule has 0 saturated carbocycles. The molecule has 2 aromatic carbocycles. The van der Waals surface area contributed by atoms with Crippen LogP contribution in [-0.2, 0) is 9.84 Å². The van der Waals surface area contributed by atoms with Gasteiger partial charge in [0.05, 0.1) is 43.5 Å². The highest BCUT2D eigenvalue weighted by molar-refractivity contribution is 7.91. The number of hydrogen-bond acceptors (Lipinski definition) is 5. The molecule has 28 heavy (non-hydrogen) atoms. The minimum atomic E-state index is -3.29. The van der Waals surface area contributed by atoms with Gasteiger partial charge in [-0.25, -0.2) is 13.2 Å². The number of methoxy groups -OCH3 is 2. The van der Waals surface area contributed by atoms with Gasteiger partial charge in [-0.2, -0.15) is 0 Å². The largest absolute Gasteiger partial charge is 0.497 e. The van der Waals surface area contributed by atoms with Crippen molar-refractivity contribution in [3.63, 3.8) is 0 Å². The summed E-state index contributed by atoms with van der Waals surface area (Å²) in [5, 5.41) is 0.539. The minimum Gasteiger partial charge on any atom is -0.497 e. The van der Waals surface area contributed by atoms with Crippen LogP contribution < -0.4 is 19.3 Å². The molecule has 2 aliphatic rings. The first kappa shape index (κ1) is 18.9. The molecule has 4 rings (SSSR count). The fourth-order valence-electron chi connectivity index (χ4n) is 3.87. The Morgan fingerprint density at radius 1 is 0.964 bits per heavy atom. The first-order valence-corrected chi connectivity index (χ1v) is 10.8. The lowest BCUT2D eigenvalue weighted by atomic mass is 10.1. The Bertz CT molecular complexity index is 1030. The molecule has 2 fully saturated rings. The lowest BCUT2D eigenvalue weighted by Gasteiger charge is -2.24. The minimum absolute atomic E-state index is 0.0885. The molecule has 0 N–H and O–H groups in total. The molecule has 0 aromatic heterocycles. The molecular weight excluding hydrogens is 404 g/mol. The summed E-state index contributed by atoms with van der Waals surface area (Å²) >= 11 is 5.97. The Kier molecular flexibility index (Phi) is 4.63. The average Bonchev–Trinajstić information content (AvgIpc) is 3.10.